The SMILES string of the molecule is CC(CC(=O)N(CC(N)=O)[C@H](C)c1ccccc1)C1CCCNC1.Cl. The Kier molecular flexibility index (Phi) is 8.93. The number of primary amides is 1. The molecule has 2 amide bonds. The predicted molar refractivity (Wildman–Crippen MR) is 102 cm³/mol. The van der Waals surface area contributed by atoms with E-state index in [0.717, 1.165) is 31.5 Å². The quantitative estimate of drug-likeness (QED) is 0.777. The standard InChI is InChI=1S/C19H29N3O2.ClH/c1-14(17-9-6-10-21-12-17)11-19(24)22(13-18(20)23)15(2)16-7-4-3-5-8-16;/h3-5,7-8,14-15,17,21H,6,9-13H2,1-2H3,(H2,20,23);1H/t14?,15-,17?;/m1./s1. The van der Waals surface area contributed by atoms with Crippen LogP contribution in [-0.2, 0) is 9.59 Å². The fourth-order valence-corrected chi connectivity index (χ4v) is 3.44. The Hall–Kier alpha value is -1.59. The highest BCUT2D eigenvalue weighted by Crippen LogP contribution is 2.26. The van der Waals surface area contributed by atoms with Gasteiger partial charge in [-0.1, -0.05) is 37.3 Å². The van der Waals surface area contributed by atoms with E-state index >= 15 is 0 Å². The number of hydrogen-bond donors (Lipinski definition) is 2. The molecule has 1 aromatic carbocycles. The van der Waals surface area contributed by atoms with Crippen LogP contribution >= 0.6 is 12.4 Å². The van der Waals surface area contributed by atoms with Gasteiger partial charge in [-0.15, -0.1) is 12.4 Å². The van der Waals surface area contributed by atoms with Gasteiger partial charge < -0.3 is 16.0 Å². The van der Waals surface area contributed by atoms with Crippen molar-refractivity contribution in [1.29, 1.82) is 0 Å². The highest BCUT2D eigenvalue weighted by molar-refractivity contribution is 5.85. The van der Waals surface area contributed by atoms with Gasteiger partial charge in [-0.05, 0) is 50.3 Å². The Labute approximate surface area is 156 Å². The maximum Gasteiger partial charge on any atom is 0.237 e. The molecule has 0 aliphatic carbocycles. The third kappa shape index (κ3) is 6.33. The number of halogens is 1. The number of piperidine rings is 1. The van der Waals surface area contributed by atoms with E-state index < -0.39 is 5.91 Å². The molecule has 2 unspecified atom stereocenters. The van der Waals surface area contributed by atoms with Gasteiger partial charge in [-0.3, -0.25) is 9.59 Å². The number of nitrogens with one attached hydrogen (secondary N) is 1. The van der Waals surface area contributed by atoms with Crippen molar-refractivity contribution in [3.63, 3.8) is 0 Å². The lowest BCUT2D eigenvalue weighted by atomic mass is 9.85. The molecule has 140 valence electrons. The van der Waals surface area contributed by atoms with Crippen LogP contribution in [-0.4, -0.2) is 36.3 Å². The highest BCUT2D eigenvalue weighted by atomic mass is 35.5. The summed E-state index contributed by atoms with van der Waals surface area (Å²) < 4.78 is 0. The summed E-state index contributed by atoms with van der Waals surface area (Å²) in [4.78, 5) is 25.9. The van der Waals surface area contributed by atoms with Gasteiger partial charge in [0, 0.05) is 6.42 Å². The van der Waals surface area contributed by atoms with E-state index in [1.807, 2.05) is 37.3 Å². The van der Waals surface area contributed by atoms with Crippen LogP contribution in [0.5, 0.6) is 0 Å². The average molecular weight is 368 g/mol. The van der Waals surface area contributed by atoms with Gasteiger partial charge in [0.2, 0.25) is 11.8 Å². The second-order valence-corrected chi connectivity index (χ2v) is 6.86. The maximum atomic E-state index is 12.8. The normalized spacial score (nSPS) is 19.4. The Morgan fingerprint density at radius 3 is 2.52 bits per heavy atom. The second-order valence-electron chi connectivity index (χ2n) is 6.86. The summed E-state index contributed by atoms with van der Waals surface area (Å²) in [6.45, 7) is 6.08. The van der Waals surface area contributed by atoms with E-state index in [4.69, 9.17) is 5.73 Å². The van der Waals surface area contributed by atoms with Crippen molar-refractivity contribution in [1.82, 2.24) is 10.2 Å². The summed E-state index contributed by atoms with van der Waals surface area (Å²) >= 11 is 0. The van der Waals surface area contributed by atoms with E-state index in [1.54, 1.807) is 4.90 Å². The lowest BCUT2D eigenvalue weighted by molar-refractivity contribution is -0.138. The van der Waals surface area contributed by atoms with Gasteiger partial charge in [0.1, 0.15) is 0 Å². The predicted octanol–water partition coefficient (Wildman–Crippen LogP) is 2.51. The number of amides is 2. The summed E-state index contributed by atoms with van der Waals surface area (Å²) in [6, 6.07) is 9.60. The topological polar surface area (TPSA) is 75.4 Å². The fourth-order valence-electron chi connectivity index (χ4n) is 3.44. The first-order valence-corrected chi connectivity index (χ1v) is 8.82. The molecule has 3 atom stereocenters. The molecular formula is C19H30ClN3O2. The van der Waals surface area contributed by atoms with Crippen molar-refractivity contribution in [3.8, 4) is 0 Å². The molecule has 1 saturated heterocycles. The molecule has 25 heavy (non-hydrogen) atoms. The van der Waals surface area contributed by atoms with Crippen LogP contribution in [0.2, 0.25) is 0 Å². The van der Waals surface area contributed by atoms with Gasteiger partial charge in [0.25, 0.3) is 0 Å². The molecule has 1 aliphatic rings. The smallest absolute Gasteiger partial charge is 0.237 e. The van der Waals surface area contributed by atoms with Crippen molar-refractivity contribution >= 4 is 24.2 Å². The molecule has 5 nitrogen and oxygen atoms in total. The fraction of sp³-hybridized carbons (Fsp3) is 0.579. The lowest BCUT2D eigenvalue weighted by Gasteiger charge is -2.32. The molecule has 0 radical (unpaired) electrons. The van der Waals surface area contributed by atoms with E-state index in [-0.39, 0.29) is 30.9 Å². The van der Waals surface area contributed by atoms with E-state index in [9.17, 15) is 9.59 Å². The summed E-state index contributed by atoms with van der Waals surface area (Å²) in [5, 5.41) is 3.40. The van der Waals surface area contributed by atoms with E-state index in [1.165, 1.54) is 0 Å². The van der Waals surface area contributed by atoms with Crippen molar-refractivity contribution in [2.24, 2.45) is 17.6 Å². The number of rotatable bonds is 7. The molecule has 1 aromatic rings. The van der Waals surface area contributed by atoms with Gasteiger partial charge in [0.05, 0.1) is 12.6 Å². The van der Waals surface area contributed by atoms with Crippen LogP contribution in [0, 0.1) is 11.8 Å². The minimum Gasteiger partial charge on any atom is -0.368 e. The number of hydrogen-bond acceptors (Lipinski definition) is 3. The largest absolute Gasteiger partial charge is 0.368 e. The van der Waals surface area contributed by atoms with E-state index in [2.05, 4.69) is 12.2 Å². The van der Waals surface area contributed by atoms with Crippen molar-refractivity contribution in [3.05, 3.63) is 35.9 Å². The van der Waals surface area contributed by atoms with Crippen LogP contribution in [0.3, 0.4) is 0 Å². The Morgan fingerprint density at radius 2 is 1.96 bits per heavy atom. The van der Waals surface area contributed by atoms with Crippen molar-refractivity contribution < 1.29 is 9.59 Å². The van der Waals surface area contributed by atoms with Crippen LogP contribution in [0.15, 0.2) is 30.3 Å². The van der Waals surface area contributed by atoms with Crippen LogP contribution < -0.4 is 11.1 Å². The zero-order valence-corrected chi connectivity index (χ0v) is 15.9. The molecule has 6 heteroatoms. The summed E-state index contributed by atoms with van der Waals surface area (Å²) in [5.74, 6) is 0.343. The summed E-state index contributed by atoms with van der Waals surface area (Å²) in [6.07, 6.45) is 2.77. The third-order valence-corrected chi connectivity index (χ3v) is 5.03. The van der Waals surface area contributed by atoms with Crippen LogP contribution in [0.1, 0.15) is 44.7 Å². The molecular weight excluding hydrogens is 338 g/mol. The molecule has 1 aliphatic heterocycles. The Morgan fingerprint density at radius 1 is 1.28 bits per heavy atom. The van der Waals surface area contributed by atoms with E-state index in [0.29, 0.717) is 18.3 Å². The van der Waals surface area contributed by atoms with Gasteiger partial charge in [-0.25, -0.2) is 0 Å². The first-order valence-electron chi connectivity index (χ1n) is 8.82. The monoisotopic (exact) mass is 367 g/mol. The summed E-state index contributed by atoms with van der Waals surface area (Å²) in [5.41, 5.74) is 6.39. The van der Waals surface area contributed by atoms with Gasteiger partial charge in [0.15, 0.2) is 0 Å². The molecule has 0 aromatic heterocycles. The number of nitrogens with two attached hydrogens (primary N) is 1. The number of nitrogens with zero attached hydrogens (tertiary/aromatic N) is 1. The van der Waals surface area contributed by atoms with Gasteiger partial charge >= 0.3 is 0 Å². The first kappa shape index (κ1) is 21.5. The van der Waals surface area contributed by atoms with Gasteiger partial charge in [-0.2, -0.15) is 0 Å². The first-order chi connectivity index (χ1) is 11.5. The zero-order chi connectivity index (χ0) is 17.5. The number of benzene rings is 1. The second kappa shape index (κ2) is 10.4. The zero-order valence-electron chi connectivity index (χ0n) is 15.1. The molecule has 1 heterocycles. The summed E-state index contributed by atoms with van der Waals surface area (Å²) in [7, 11) is 0. The molecule has 1 fully saturated rings. The third-order valence-electron chi connectivity index (χ3n) is 5.03. The number of carbonyl (C=O) groups excluding carboxylic acids is 2. The Bertz CT molecular complexity index is 547. The highest BCUT2D eigenvalue weighted by Gasteiger charge is 2.27. The van der Waals surface area contributed by atoms with Crippen LogP contribution in [0.25, 0.3) is 0 Å². The lowest BCUT2D eigenvalue weighted by Crippen LogP contribution is -2.42. The molecule has 0 spiro atoms. The van der Waals surface area contributed by atoms with Crippen molar-refractivity contribution in [2.45, 2.75) is 39.2 Å². The minimum atomic E-state index is -0.474. The minimum absolute atomic E-state index is 0. The van der Waals surface area contributed by atoms with Crippen LogP contribution in [0.4, 0.5) is 0 Å². The molecule has 3 N–H and O–H groups in total. The van der Waals surface area contributed by atoms with Crippen molar-refractivity contribution in [2.75, 3.05) is 19.6 Å². The number of carbonyl (C=O) groups is 2. The maximum absolute atomic E-state index is 12.8. The Balaban J connectivity index is 0.00000312. The average Bonchev–Trinajstić information content (AvgIpc) is 2.60. The molecule has 0 saturated carbocycles. The molecule has 2 rings (SSSR count). The molecule has 0 bridgehead atoms.